The lowest BCUT2D eigenvalue weighted by molar-refractivity contribution is -0.146. The van der Waals surface area contributed by atoms with E-state index in [2.05, 4.69) is 10.6 Å². The molecule has 0 unspecified atom stereocenters. The monoisotopic (exact) mass is 296 g/mol. The Labute approximate surface area is 125 Å². The molecule has 0 bridgehead atoms. The molecular formula is C15H24N2O4. The first-order valence-electron chi connectivity index (χ1n) is 7.67. The van der Waals surface area contributed by atoms with Crippen molar-refractivity contribution in [2.75, 3.05) is 13.7 Å². The second-order valence-electron chi connectivity index (χ2n) is 6.18. The first-order valence-corrected chi connectivity index (χ1v) is 7.67. The minimum absolute atomic E-state index is 0.0517. The lowest BCUT2D eigenvalue weighted by Gasteiger charge is -2.21. The van der Waals surface area contributed by atoms with E-state index in [0.29, 0.717) is 25.3 Å². The van der Waals surface area contributed by atoms with Gasteiger partial charge in [0.15, 0.2) is 0 Å². The molecule has 1 aliphatic heterocycles. The number of carbonyl (C=O) groups is 3. The molecule has 6 heteroatoms. The SMILES string of the molecule is COC(=O)[C@H](C[C@@H]1CCNC1=O)NC(=O)[C@@H](C)CC1CC1. The van der Waals surface area contributed by atoms with Gasteiger partial charge in [0.25, 0.3) is 0 Å². The number of amides is 2. The van der Waals surface area contributed by atoms with Crippen molar-refractivity contribution in [2.24, 2.45) is 17.8 Å². The van der Waals surface area contributed by atoms with Crippen molar-refractivity contribution in [1.82, 2.24) is 10.6 Å². The summed E-state index contributed by atoms with van der Waals surface area (Å²) < 4.78 is 4.75. The molecule has 21 heavy (non-hydrogen) atoms. The third-order valence-electron chi connectivity index (χ3n) is 4.32. The van der Waals surface area contributed by atoms with E-state index < -0.39 is 12.0 Å². The standard InChI is InChI=1S/C15H24N2O4/c1-9(7-10-3-4-10)13(18)17-12(15(20)21-2)8-11-5-6-16-14(11)19/h9-12H,3-8H2,1-2H3,(H,16,19)(H,17,18)/t9-,11-,12-/m0/s1. The normalized spacial score (nSPS) is 24.1. The van der Waals surface area contributed by atoms with E-state index in [-0.39, 0.29) is 23.7 Å². The summed E-state index contributed by atoms with van der Waals surface area (Å²) in [5.41, 5.74) is 0. The van der Waals surface area contributed by atoms with E-state index in [1.807, 2.05) is 6.92 Å². The van der Waals surface area contributed by atoms with Gasteiger partial charge in [0, 0.05) is 18.4 Å². The highest BCUT2D eigenvalue weighted by Gasteiger charge is 2.33. The minimum atomic E-state index is -0.738. The van der Waals surface area contributed by atoms with Crippen LogP contribution < -0.4 is 10.6 Å². The molecule has 1 saturated heterocycles. The second kappa shape index (κ2) is 6.91. The van der Waals surface area contributed by atoms with E-state index in [1.54, 1.807) is 0 Å². The van der Waals surface area contributed by atoms with E-state index in [9.17, 15) is 14.4 Å². The Morgan fingerprint density at radius 3 is 2.57 bits per heavy atom. The van der Waals surface area contributed by atoms with Gasteiger partial charge in [0.2, 0.25) is 11.8 Å². The van der Waals surface area contributed by atoms with E-state index >= 15 is 0 Å². The van der Waals surface area contributed by atoms with Crippen molar-refractivity contribution in [3.8, 4) is 0 Å². The van der Waals surface area contributed by atoms with Crippen molar-refractivity contribution in [3.05, 3.63) is 0 Å². The van der Waals surface area contributed by atoms with Crippen LogP contribution in [0.1, 0.15) is 39.0 Å². The first kappa shape index (κ1) is 15.8. The fraction of sp³-hybridized carbons (Fsp3) is 0.800. The molecule has 0 radical (unpaired) electrons. The Morgan fingerprint density at radius 1 is 1.33 bits per heavy atom. The van der Waals surface area contributed by atoms with Crippen LogP contribution in [0.15, 0.2) is 0 Å². The van der Waals surface area contributed by atoms with Crippen LogP contribution in [-0.4, -0.2) is 37.5 Å². The quantitative estimate of drug-likeness (QED) is 0.674. The summed E-state index contributed by atoms with van der Waals surface area (Å²) >= 11 is 0. The highest BCUT2D eigenvalue weighted by atomic mass is 16.5. The van der Waals surface area contributed by atoms with Gasteiger partial charge < -0.3 is 15.4 Å². The molecule has 2 amide bonds. The van der Waals surface area contributed by atoms with E-state index in [0.717, 1.165) is 6.42 Å². The minimum Gasteiger partial charge on any atom is -0.467 e. The predicted octanol–water partition coefficient (Wildman–Crippen LogP) is 0.607. The number of methoxy groups -OCH3 is 1. The number of rotatable bonds is 7. The summed E-state index contributed by atoms with van der Waals surface area (Å²) in [6.45, 7) is 2.51. The maximum absolute atomic E-state index is 12.2. The maximum Gasteiger partial charge on any atom is 0.328 e. The Morgan fingerprint density at radius 2 is 2.05 bits per heavy atom. The number of ether oxygens (including phenoxy) is 1. The van der Waals surface area contributed by atoms with Gasteiger partial charge in [0.05, 0.1) is 7.11 Å². The highest BCUT2D eigenvalue weighted by molar-refractivity contribution is 5.87. The molecule has 1 saturated carbocycles. The summed E-state index contributed by atoms with van der Waals surface area (Å²) in [5, 5.41) is 5.49. The van der Waals surface area contributed by atoms with Crippen LogP contribution in [0, 0.1) is 17.8 Å². The second-order valence-corrected chi connectivity index (χ2v) is 6.18. The largest absolute Gasteiger partial charge is 0.467 e. The van der Waals surface area contributed by atoms with Crippen LogP contribution in [0.3, 0.4) is 0 Å². The molecule has 0 aromatic carbocycles. The Kier molecular flexibility index (Phi) is 5.20. The zero-order chi connectivity index (χ0) is 15.4. The summed E-state index contributed by atoms with van der Waals surface area (Å²) in [6, 6.07) is -0.738. The number of hydrogen-bond donors (Lipinski definition) is 2. The first-order chi connectivity index (χ1) is 10.0. The van der Waals surface area contributed by atoms with Crippen molar-refractivity contribution >= 4 is 17.8 Å². The summed E-state index contributed by atoms with van der Waals surface area (Å²) in [7, 11) is 1.30. The van der Waals surface area contributed by atoms with Crippen LogP contribution in [0.4, 0.5) is 0 Å². The fourth-order valence-electron chi connectivity index (χ4n) is 2.79. The molecule has 2 aliphatic rings. The molecule has 0 aromatic rings. The van der Waals surface area contributed by atoms with Gasteiger partial charge in [-0.05, 0) is 25.2 Å². The van der Waals surface area contributed by atoms with Crippen LogP contribution in [-0.2, 0) is 19.1 Å². The molecule has 2 fully saturated rings. The number of nitrogens with one attached hydrogen (secondary N) is 2. The molecular weight excluding hydrogens is 272 g/mol. The zero-order valence-electron chi connectivity index (χ0n) is 12.7. The van der Waals surface area contributed by atoms with Gasteiger partial charge in [-0.1, -0.05) is 19.8 Å². The lowest BCUT2D eigenvalue weighted by atomic mass is 9.97. The lowest BCUT2D eigenvalue weighted by Crippen LogP contribution is -2.45. The summed E-state index contributed by atoms with van der Waals surface area (Å²) in [5.74, 6) is -0.348. The topological polar surface area (TPSA) is 84.5 Å². The van der Waals surface area contributed by atoms with Crippen molar-refractivity contribution in [2.45, 2.75) is 45.1 Å². The van der Waals surface area contributed by atoms with Crippen LogP contribution in [0.25, 0.3) is 0 Å². The molecule has 6 nitrogen and oxygen atoms in total. The molecule has 1 aliphatic carbocycles. The van der Waals surface area contributed by atoms with Gasteiger partial charge in [-0.3, -0.25) is 9.59 Å². The third kappa shape index (κ3) is 4.44. The molecule has 2 rings (SSSR count). The molecule has 118 valence electrons. The van der Waals surface area contributed by atoms with Crippen LogP contribution in [0.5, 0.6) is 0 Å². The van der Waals surface area contributed by atoms with Gasteiger partial charge in [-0.15, -0.1) is 0 Å². The van der Waals surface area contributed by atoms with Crippen LogP contribution >= 0.6 is 0 Å². The van der Waals surface area contributed by atoms with Crippen molar-refractivity contribution < 1.29 is 19.1 Å². The zero-order valence-corrected chi connectivity index (χ0v) is 12.7. The molecule has 0 aromatic heterocycles. The van der Waals surface area contributed by atoms with Gasteiger partial charge >= 0.3 is 5.97 Å². The smallest absolute Gasteiger partial charge is 0.328 e. The Balaban J connectivity index is 1.90. The average molecular weight is 296 g/mol. The van der Waals surface area contributed by atoms with Gasteiger partial charge in [-0.2, -0.15) is 0 Å². The summed E-state index contributed by atoms with van der Waals surface area (Å²) in [4.78, 5) is 35.6. The van der Waals surface area contributed by atoms with E-state index in [1.165, 1.54) is 20.0 Å². The van der Waals surface area contributed by atoms with E-state index in [4.69, 9.17) is 4.74 Å². The maximum atomic E-state index is 12.2. The average Bonchev–Trinajstić information content (AvgIpc) is 3.19. The third-order valence-corrected chi connectivity index (χ3v) is 4.32. The van der Waals surface area contributed by atoms with Crippen LogP contribution in [0.2, 0.25) is 0 Å². The molecule has 2 N–H and O–H groups in total. The highest BCUT2D eigenvalue weighted by Crippen LogP contribution is 2.35. The number of esters is 1. The Bertz CT molecular complexity index is 420. The van der Waals surface area contributed by atoms with Crippen molar-refractivity contribution in [1.29, 1.82) is 0 Å². The molecule has 1 heterocycles. The number of hydrogen-bond acceptors (Lipinski definition) is 4. The summed E-state index contributed by atoms with van der Waals surface area (Å²) in [6.07, 6.45) is 4.25. The van der Waals surface area contributed by atoms with Gasteiger partial charge in [0.1, 0.15) is 6.04 Å². The van der Waals surface area contributed by atoms with Crippen molar-refractivity contribution in [3.63, 3.8) is 0 Å². The van der Waals surface area contributed by atoms with Gasteiger partial charge in [-0.25, -0.2) is 4.79 Å². The fourth-order valence-corrected chi connectivity index (χ4v) is 2.79. The molecule has 3 atom stereocenters. The molecule has 0 spiro atoms. The Hall–Kier alpha value is -1.59. The number of carbonyl (C=O) groups excluding carboxylic acids is 3. The predicted molar refractivity (Wildman–Crippen MR) is 76.2 cm³/mol.